The normalized spacial score (nSPS) is 13.2. The molecule has 0 heterocycles. The van der Waals surface area contributed by atoms with Gasteiger partial charge in [0, 0.05) is 12.0 Å². The number of rotatable bonds is 10. The van der Waals surface area contributed by atoms with Gasteiger partial charge in [0.25, 0.3) is 0 Å². The van der Waals surface area contributed by atoms with Gasteiger partial charge in [-0.05, 0) is 35.2 Å². The lowest BCUT2D eigenvalue weighted by Crippen LogP contribution is -2.32. The van der Waals surface area contributed by atoms with Crippen molar-refractivity contribution in [3.8, 4) is 5.75 Å². The maximum absolute atomic E-state index is 12.7. The summed E-state index contributed by atoms with van der Waals surface area (Å²) in [5, 5.41) is 0. The number of nitrogens with two attached hydrogens (primary N) is 1. The Balaban J connectivity index is 1.79. The third-order valence-corrected chi connectivity index (χ3v) is 5.49. The average molecular weight is 454 g/mol. The average Bonchev–Trinajstić information content (AvgIpc) is 2.76. The molecule has 0 saturated carbocycles. The molecule has 2 unspecified atom stereocenters. The lowest BCUT2D eigenvalue weighted by atomic mass is 9.85. The molecule has 2 N–H and O–H groups in total. The van der Waals surface area contributed by atoms with Crippen LogP contribution in [0, 0.1) is 0 Å². The quantitative estimate of drug-likeness (QED) is 0.370. The fraction of sp³-hybridized carbons (Fsp3) is 0.240. The summed E-state index contributed by atoms with van der Waals surface area (Å²) in [4.78, 5) is 12.7. The Morgan fingerprint density at radius 2 is 1.53 bits per heavy atom. The van der Waals surface area contributed by atoms with E-state index in [4.69, 9.17) is 14.7 Å². The first-order valence-electron chi connectivity index (χ1n) is 10.3. The van der Waals surface area contributed by atoms with Crippen LogP contribution in [-0.4, -0.2) is 26.7 Å². The Labute approximate surface area is 189 Å². The first-order valence-corrected chi connectivity index (χ1v) is 12.1. The molecule has 32 heavy (non-hydrogen) atoms. The zero-order valence-electron chi connectivity index (χ0n) is 17.9. The van der Waals surface area contributed by atoms with Gasteiger partial charge in [-0.2, -0.15) is 8.42 Å². The minimum Gasteiger partial charge on any atom is -0.461 e. The Morgan fingerprint density at radius 1 is 0.906 bits per heavy atom. The number of esters is 1. The lowest BCUT2D eigenvalue weighted by Gasteiger charge is -2.24. The van der Waals surface area contributed by atoms with Crippen molar-refractivity contribution in [2.24, 2.45) is 5.73 Å². The summed E-state index contributed by atoms with van der Waals surface area (Å²) in [6, 6.07) is 25.5. The highest BCUT2D eigenvalue weighted by Crippen LogP contribution is 2.29. The van der Waals surface area contributed by atoms with Crippen LogP contribution in [0.1, 0.15) is 29.0 Å². The second-order valence-corrected chi connectivity index (χ2v) is 9.25. The van der Waals surface area contributed by atoms with Crippen LogP contribution in [0.3, 0.4) is 0 Å². The zero-order valence-corrected chi connectivity index (χ0v) is 18.7. The summed E-state index contributed by atoms with van der Waals surface area (Å²) in [5.74, 6) is -0.585. The predicted molar refractivity (Wildman–Crippen MR) is 124 cm³/mol. The Kier molecular flexibility index (Phi) is 8.03. The maximum atomic E-state index is 12.7. The predicted octanol–water partition coefficient (Wildman–Crippen LogP) is 3.81. The van der Waals surface area contributed by atoms with Crippen molar-refractivity contribution in [3.05, 3.63) is 102 Å². The van der Waals surface area contributed by atoms with E-state index in [1.165, 1.54) is 0 Å². The Bertz CT molecular complexity index is 1120. The van der Waals surface area contributed by atoms with Crippen molar-refractivity contribution in [2.75, 3.05) is 6.26 Å². The molecule has 0 radical (unpaired) electrons. The van der Waals surface area contributed by atoms with E-state index in [0.29, 0.717) is 12.0 Å². The summed E-state index contributed by atoms with van der Waals surface area (Å²) in [5.41, 5.74) is 9.21. The van der Waals surface area contributed by atoms with Gasteiger partial charge in [0.2, 0.25) is 0 Å². The largest absolute Gasteiger partial charge is 0.461 e. The van der Waals surface area contributed by atoms with Crippen LogP contribution in [0.25, 0.3) is 0 Å². The third-order valence-electron chi connectivity index (χ3n) is 4.99. The molecule has 0 saturated heterocycles. The summed E-state index contributed by atoms with van der Waals surface area (Å²) in [6.45, 7) is 0.178. The third kappa shape index (κ3) is 7.51. The van der Waals surface area contributed by atoms with Gasteiger partial charge < -0.3 is 14.7 Å². The van der Waals surface area contributed by atoms with E-state index in [9.17, 15) is 13.2 Å². The second-order valence-electron chi connectivity index (χ2n) is 7.67. The number of benzene rings is 3. The molecule has 0 fully saturated rings. The van der Waals surface area contributed by atoms with Crippen LogP contribution >= 0.6 is 0 Å². The highest BCUT2D eigenvalue weighted by atomic mass is 32.2. The van der Waals surface area contributed by atoms with E-state index < -0.39 is 16.2 Å². The molecule has 6 nitrogen and oxygen atoms in total. The molecule has 0 aliphatic carbocycles. The first-order chi connectivity index (χ1) is 15.3. The van der Waals surface area contributed by atoms with Crippen molar-refractivity contribution >= 4 is 16.1 Å². The van der Waals surface area contributed by atoms with Crippen LogP contribution in [-0.2, 0) is 32.7 Å². The van der Waals surface area contributed by atoms with Gasteiger partial charge in [0.05, 0.1) is 12.7 Å². The molecule has 0 bridgehead atoms. The Hall–Kier alpha value is -3.16. The van der Waals surface area contributed by atoms with Crippen LogP contribution in [0.5, 0.6) is 5.75 Å². The fourth-order valence-corrected chi connectivity index (χ4v) is 3.95. The molecule has 0 aliphatic heterocycles. The van der Waals surface area contributed by atoms with Gasteiger partial charge >= 0.3 is 16.1 Å². The summed E-state index contributed by atoms with van der Waals surface area (Å²) >= 11 is 0. The molecule has 0 spiro atoms. The van der Waals surface area contributed by atoms with E-state index in [1.54, 1.807) is 18.2 Å². The smallest absolute Gasteiger partial charge is 0.306 e. The van der Waals surface area contributed by atoms with Gasteiger partial charge in [-0.15, -0.1) is 0 Å². The standard InChI is InChI=1S/C25H27NO5S/c1-32(28,29)31-22-14-8-13-21(16-22)23(24(26)15-19-9-4-2-5-10-19)17-25(27)30-18-20-11-6-3-7-12-20/h2-14,16,23-24H,15,17-18,26H2,1H3. The van der Waals surface area contributed by atoms with E-state index >= 15 is 0 Å². The maximum Gasteiger partial charge on any atom is 0.306 e. The summed E-state index contributed by atoms with van der Waals surface area (Å²) in [7, 11) is -3.67. The van der Waals surface area contributed by atoms with Gasteiger partial charge in [0.1, 0.15) is 12.4 Å². The minimum absolute atomic E-state index is 0.0587. The molecular weight excluding hydrogens is 426 g/mol. The Morgan fingerprint density at radius 3 is 2.16 bits per heavy atom. The number of ether oxygens (including phenoxy) is 1. The lowest BCUT2D eigenvalue weighted by molar-refractivity contribution is -0.145. The van der Waals surface area contributed by atoms with E-state index in [1.807, 2.05) is 66.7 Å². The number of carbonyl (C=O) groups excluding carboxylic acids is 1. The molecule has 168 valence electrons. The molecule has 2 atom stereocenters. The highest BCUT2D eigenvalue weighted by Gasteiger charge is 2.25. The molecular formula is C25H27NO5S. The number of hydrogen-bond acceptors (Lipinski definition) is 6. The van der Waals surface area contributed by atoms with Crippen molar-refractivity contribution in [1.29, 1.82) is 0 Å². The van der Waals surface area contributed by atoms with Crippen LogP contribution in [0.15, 0.2) is 84.9 Å². The van der Waals surface area contributed by atoms with E-state index in [0.717, 1.165) is 17.4 Å². The first kappa shape index (κ1) is 23.5. The van der Waals surface area contributed by atoms with Crippen molar-refractivity contribution in [2.45, 2.75) is 31.4 Å². The topological polar surface area (TPSA) is 95.7 Å². The summed E-state index contributed by atoms with van der Waals surface area (Å²) < 4.78 is 33.6. The van der Waals surface area contributed by atoms with Gasteiger partial charge in [-0.1, -0.05) is 72.8 Å². The molecule has 0 amide bonds. The van der Waals surface area contributed by atoms with Gasteiger partial charge in [-0.3, -0.25) is 4.79 Å². The van der Waals surface area contributed by atoms with Crippen molar-refractivity contribution < 1.29 is 22.1 Å². The number of hydrogen-bond donors (Lipinski definition) is 1. The zero-order chi connectivity index (χ0) is 23.0. The minimum atomic E-state index is -3.67. The van der Waals surface area contributed by atoms with Crippen LogP contribution < -0.4 is 9.92 Å². The molecule has 3 aromatic rings. The monoisotopic (exact) mass is 453 g/mol. The molecule has 7 heteroatoms. The molecule has 3 aromatic carbocycles. The van der Waals surface area contributed by atoms with Crippen LogP contribution in [0.2, 0.25) is 0 Å². The summed E-state index contributed by atoms with van der Waals surface area (Å²) in [6.07, 6.45) is 1.59. The fourth-order valence-electron chi connectivity index (χ4n) is 3.49. The van der Waals surface area contributed by atoms with Gasteiger partial charge in [-0.25, -0.2) is 0 Å². The van der Waals surface area contributed by atoms with E-state index in [-0.39, 0.29) is 30.7 Å². The molecule has 0 aliphatic rings. The second kappa shape index (κ2) is 10.9. The van der Waals surface area contributed by atoms with Crippen LogP contribution in [0.4, 0.5) is 0 Å². The number of carbonyl (C=O) groups is 1. The highest BCUT2D eigenvalue weighted by molar-refractivity contribution is 7.86. The molecule has 0 aromatic heterocycles. The van der Waals surface area contributed by atoms with Crippen molar-refractivity contribution in [1.82, 2.24) is 0 Å². The van der Waals surface area contributed by atoms with E-state index in [2.05, 4.69) is 0 Å². The molecule has 3 rings (SSSR count). The SMILES string of the molecule is CS(=O)(=O)Oc1cccc(C(CC(=O)OCc2ccccc2)C(N)Cc2ccccc2)c1. The van der Waals surface area contributed by atoms with Gasteiger partial charge in [0.15, 0.2) is 0 Å². The van der Waals surface area contributed by atoms with Crippen molar-refractivity contribution in [3.63, 3.8) is 0 Å².